The van der Waals surface area contributed by atoms with Crippen LogP contribution in [0.1, 0.15) is 23.0 Å². The standard InChI is InChI=1S/C23H21F3N6O2S/c1-14-10-30(13-27-14)17-4-3-15(9-20(17)34-2)16-11-32(29-28-16)19-5-6-21-18(7-8-35-21)31(22(19)33)12-23(24,25)26/h3-4,7-11,13,19H,5-6,12H2,1-2H3. The number of carbonyl (C=O) groups is 1. The topological polar surface area (TPSA) is 78.1 Å². The largest absolute Gasteiger partial charge is 0.495 e. The lowest BCUT2D eigenvalue weighted by Crippen LogP contribution is -2.42. The first-order valence-corrected chi connectivity index (χ1v) is 11.7. The van der Waals surface area contributed by atoms with Gasteiger partial charge in [0, 0.05) is 16.6 Å². The summed E-state index contributed by atoms with van der Waals surface area (Å²) in [6, 6.07) is 6.15. The number of alkyl halides is 3. The smallest absolute Gasteiger partial charge is 0.406 e. The number of ether oxygens (including phenoxy) is 1. The van der Waals surface area contributed by atoms with Gasteiger partial charge in [-0.2, -0.15) is 13.2 Å². The minimum atomic E-state index is -4.52. The zero-order chi connectivity index (χ0) is 24.7. The molecule has 0 fully saturated rings. The van der Waals surface area contributed by atoms with Gasteiger partial charge in [-0.3, -0.25) is 4.79 Å². The summed E-state index contributed by atoms with van der Waals surface area (Å²) in [6.45, 7) is 0.541. The molecule has 0 spiro atoms. The summed E-state index contributed by atoms with van der Waals surface area (Å²) in [6.07, 6.45) is 1.42. The molecule has 0 saturated heterocycles. The van der Waals surface area contributed by atoms with E-state index in [9.17, 15) is 18.0 Å². The predicted octanol–water partition coefficient (Wildman–Crippen LogP) is 4.59. The van der Waals surface area contributed by atoms with Gasteiger partial charge in [-0.1, -0.05) is 11.3 Å². The second-order valence-corrected chi connectivity index (χ2v) is 9.22. The Balaban J connectivity index is 1.45. The molecule has 5 rings (SSSR count). The van der Waals surface area contributed by atoms with Gasteiger partial charge in [-0.25, -0.2) is 9.67 Å². The van der Waals surface area contributed by atoms with Crippen LogP contribution in [0.4, 0.5) is 18.9 Å². The monoisotopic (exact) mass is 502 g/mol. The third kappa shape index (κ3) is 4.53. The predicted molar refractivity (Wildman–Crippen MR) is 124 cm³/mol. The van der Waals surface area contributed by atoms with Crippen LogP contribution in [0.3, 0.4) is 0 Å². The number of anilines is 1. The van der Waals surface area contributed by atoms with E-state index in [2.05, 4.69) is 15.3 Å². The fourth-order valence-corrected chi connectivity index (χ4v) is 5.10. The van der Waals surface area contributed by atoms with E-state index < -0.39 is 24.7 Å². The van der Waals surface area contributed by atoms with Crippen molar-refractivity contribution in [1.29, 1.82) is 0 Å². The Morgan fingerprint density at radius 1 is 1.20 bits per heavy atom. The Kier molecular flexibility index (Phi) is 5.83. The average molecular weight is 503 g/mol. The summed E-state index contributed by atoms with van der Waals surface area (Å²) < 4.78 is 48.6. The number of imidazole rings is 1. The molecule has 0 saturated carbocycles. The van der Waals surface area contributed by atoms with Crippen LogP contribution in [0.15, 0.2) is 48.4 Å². The number of hydrogen-bond acceptors (Lipinski definition) is 6. The summed E-state index contributed by atoms with van der Waals surface area (Å²) in [5, 5.41) is 10.0. The molecule has 4 aromatic rings. The second kappa shape index (κ2) is 8.84. The summed E-state index contributed by atoms with van der Waals surface area (Å²) in [5.41, 5.74) is 3.14. The fraction of sp³-hybridized carbons (Fsp3) is 0.304. The number of nitrogens with zero attached hydrogens (tertiary/aromatic N) is 6. The molecule has 8 nitrogen and oxygen atoms in total. The summed E-state index contributed by atoms with van der Waals surface area (Å²) in [7, 11) is 1.56. The van der Waals surface area contributed by atoms with Crippen molar-refractivity contribution in [3.05, 3.63) is 58.9 Å². The Bertz CT molecular complexity index is 1380. The number of amides is 1. The minimum Gasteiger partial charge on any atom is -0.495 e. The van der Waals surface area contributed by atoms with Crippen LogP contribution in [0.2, 0.25) is 0 Å². The van der Waals surface area contributed by atoms with Gasteiger partial charge >= 0.3 is 6.18 Å². The summed E-state index contributed by atoms with van der Waals surface area (Å²) in [5.74, 6) is -0.0693. The Morgan fingerprint density at radius 3 is 2.74 bits per heavy atom. The number of rotatable bonds is 5. The highest BCUT2D eigenvalue weighted by Crippen LogP contribution is 2.37. The third-order valence-corrected chi connectivity index (χ3v) is 6.81. The number of carbonyl (C=O) groups excluding carboxylic acids is 1. The van der Waals surface area contributed by atoms with Gasteiger partial charge in [0.1, 0.15) is 24.0 Å². The molecule has 0 bridgehead atoms. The van der Waals surface area contributed by atoms with Gasteiger partial charge in [0.15, 0.2) is 0 Å². The Hall–Kier alpha value is -3.67. The molecule has 1 aliphatic rings. The van der Waals surface area contributed by atoms with Crippen LogP contribution in [-0.4, -0.2) is 50.3 Å². The molecule has 1 amide bonds. The first-order chi connectivity index (χ1) is 16.7. The minimum absolute atomic E-state index is 0.315. The van der Waals surface area contributed by atoms with E-state index in [0.717, 1.165) is 21.2 Å². The molecule has 4 heterocycles. The van der Waals surface area contributed by atoms with Crippen molar-refractivity contribution in [3.8, 4) is 22.7 Å². The number of methoxy groups -OCH3 is 1. The number of thiophene rings is 1. The van der Waals surface area contributed by atoms with Crippen molar-refractivity contribution in [2.24, 2.45) is 0 Å². The molecule has 182 valence electrons. The van der Waals surface area contributed by atoms with E-state index in [1.54, 1.807) is 37.1 Å². The quantitative estimate of drug-likeness (QED) is 0.399. The number of halogens is 3. The maximum absolute atomic E-state index is 13.3. The van der Waals surface area contributed by atoms with Gasteiger partial charge < -0.3 is 14.2 Å². The third-order valence-electron chi connectivity index (χ3n) is 5.84. The lowest BCUT2D eigenvalue weighted by molar-refractivity contribution is -0.134. The highest BCUT2D eigenvalue weighted by atomic mass is 32.1. The summed E-state index contributed by atoms with van der Waals surface area (Å²) in [4.78, 5) is 19.0. The number of hydrogen-bond donors (Lipinski definition) is 0. The van der Waals surface area contributed by atoms with E-state index in [-0.39, 0.29) is 0 Å². The number of benzene rings is 1. The zero-order valence-electron chi connectivity index (χ0n) is 18.9. The zero-order valence-corrected chi connectivity index (χ0v) is 19.7. The maximum Gasteiger partial charge on any atom is 0.406 e. The lowest BCUT2D eigenvalue weighted by atomic mass is 10.1. The molecule has 1 aliphatic heterocycles. The highest BCUT2D eigenvalue weighted by molar-refractivity contribution is 7.10. The molecule has 0 N–H and O–H groups in total. The van der Waals surface area contributed by atoms with Gasteiger partial charge in [0.25, 0.3) is 5.91 Å². The average Bonchev–Trinajstić information content (AvgIpc) is 3.56. The lowest BCUT2D eigenvalue weighted by Gasteiger charge is -2.25. The van der Waals surface area contributed by atoms with Crippen LogP contribution in [-0.2, 0) is 11.2 Å². The fourth-order valence-electron chi connectivity index (χ4n) is 4.20. The maximum atomic E-state index is 13.3. The van der Waals surface area contributed by atoms with Crippen molar-refractivity contribution in [1.82, 2.24) is 24.5 Å². The van der Waals surface area contributed by atoms with E-state index in [1.807, 2.05) is 29.8 Å². The van der Waals surface area contributed by atoms with E-state index in [4.69, 9.17) is 4.74 Å². The molecule has 1 atom stereocenters. The number of fused-ring (bicyclic) bond motifs is 1. The molecular formula is C23H21F3N6O2S. The van der Waals surface area contributed by atoms with E-state index >= 15 is 0 Å². The molecule has 1 aromatic carbocycles. The molecule has 35 heavy (non-hydrogen) atoms. The van der Waals surface area contributed by atoms with Crippen molar-refractivity contribution < 1.29 is 22.7 Å². The molecule has 0 radical (unpaired) electrons. The number of aryl methyl sites for hydroxylation is 2. The van der Waals surface area contributed by atoms with Crippen LogP contribution < -0.4 is 9.64 Å². The highest BCUT2D eigenvalue weighted by Gasteiger charge is 2.40. The normalized spacial score (nSPS) is 16.3. The number of aromatic nitrogens is 5. The summed E-state index contributed by atoms with van der Waals surface area (Å²) >= 11 is 1.35. The SMILES string of the molecule is COc1cc(-c2cn(C3CCc4sccc4N(CC(F)(F)F)C3=O)nn2)ccc1-n1cnc(C)c1. The van der Waals surface area contributed by atoms with E-state index in [0.29, 0.717) is 35.5 Å². The van der Waals surface area contributed by atoms with Gasteiger partial charge in [-0.15, -0.1) is 16.4 Å². The van der Waals surface area contributed by atoms with Crippen molar-refractivity contribution in [2.45, 2.75) is 32.0 Å². The van der Waals surface area contributed by atoms with Crippen LogP contribution in [0, 0.1) is 6.92 Å². The van der Waals surface area contributed by atoms with Gasteiger partial charge in [0.2, 0.25) is 0 Å². The van der Waals surface area contributed by atoms with Crippen molar-refractivity contribution in [3.63, 3.8) is 0 Å². The first kappa shape index (κ1) is 23.1. The molecule has 3 aromatic heterocycles. The van der Waals surface area contributed by atoms with Crippen molar-refractivity contribution >= 4 is 22.9 Å². The Morgan fingerprint density at radius 2 is 2.03 bits per heavy atom. The van der Waals surface area contributed by atoms with Crippen LogP contribution in [0.25, 0.3) is 16.9 Å². The Labute approximate surface area is 202 Å². The second-order valence-electron chi connectivity index (χ2n) is 8.22. The van der Waals surface area contributed by atoms with E-state index in [1.165, 1.54) is 16.0 Å². The van der Waals surface area contributed by atoms with Gasteiger partial charge in [0.05, 0.1) is 36.7 Å². The molecule has 1 unspecified atom stereocenters. The molecular weight excluding hydrogens is 481 g/mol. The van der Waals surface area contributed by atoms with Gasteiger partial charge in [-0.05, 0) is 43.3 Å². The first-order valence-electron chi connectivity index (χ1n) is 10.8. The van der Waals surface area contributed by atoms with Crippen LogP contribution in [0.5, 0.6) is 5.75 Å². The van der Waals surface area contributed by atoms with Crippen molar-refractivity contribution in [2.75, 3.05) is 18.6 Å². The molecule has 0 aliphatic carbocycles. The van der Waals surface area contributed by atoms with Crippen LogP contribution >= 0.6 is 11.3 Å². The molecule has 12 heteroatoms.